The quantitative estimate of drug-likeness (QED) is 0.541. The molecule has 1 aliphatic rings. The van der Waals surface area contributed by atoms with Crippen LogP contribution in [0, 0.1) is 0 Å². The fraction of sp³-hybridized carbons (Fsp3) is 0.227. The van der Waals surface area contributed by atoms with Crippen molar-refractivity contribution in [3.63, 3.8) is 0 Å². The van der Waals surface area contributed by atoms with E-state index in [2.05, 4.69) is 33.3 Å². The molecule has 4 heterocycles. The standard InChI is InChI=1S/C22H22N6O/c29-22(17-28-12-9-18-5-1-2-6-19(18)28)27-15-13-26(14-16-27)21-8-7-20(23-24-21)25-10-3-4-11-25/h1-12H,13-17H2. The lowest BCUT2D eigenvalue weighted by Gasteiger charge is -2.35. The number of piperazine rings is 1. The minimum atomic E-state index is 0.153. The third kappa shape index (κ3) is 3.47. The van der Waals surface area contributed by atoms with Crippen molar-refractivity contribution in [2.75, 3.05) is 31.1 Å². The molecule has 1 amide bonds. The summed E-state index contributed by atoms with van der Waals surface area (Å²) in [6.45, 7) is 3.28. The second-order valence-corrected chi connectivity index (χ2v) is 7.21. The average molecular weight is 386 g/mol. The van der Waals surface area contributed by atoms with E-state index < -0.39 is 0 Å². The zero-order chi connectivity index (χ0) is 19.6. The lowest BCUT2D eigenvalue weighted by molar-refractivity contribution is -0.132. The molecular formula is C22H22N6O. The van der Waals surface area contributed by atoms with Gasteiger partial charge in [0.1, 0.15) is 6.54 Å². The van der Waals surface area contributed by atoms with E-state index in [9.17, 15) is 4.79 Å². The van der Waals surface area contributed by atoms with Gasteiger partial charge in [0.15, 0.2) is 11.6 Å². The van der Waals surface area contributed by atoms with Crippen LogP contribution in [0.25, 0.3) is 16.7 Å². The summed E-state index contributed by atoms with van der Waals surface area (Å²) in [5.41, 5.74) is 1.09. The Morgan fingerprint density at radius 2 is 1.52 bits per heavy atom. The number of para-hydroxylation sites is 1. The van der Waals surface area contributed by atoms with Gasteiger partial charge >= 0.3 is 0 Å². The smallest absolute Gasteiger partial charge is 0.242 e. The summed E-state index contributed by atoms with van der Waals surface area (Å²) >= 11 is 0. The Labute approximate surface area is 168 Å². The molecule has 0 radical (unpaired) electrons. The van der Waals surface area contributed by atoms with E-state index in [1.807, 2.05) is 69.0 Å². The number of rotatable bonds is 4. The molecule has 1 aliphatic heterocycles. The summed E-state index contributed by atoms with van der Waals surface area (Å²) in [6.07, 6.45) is 5.88. The zero-order valence-corrected chi connectivity index (χ0v) is 16.1. The van der Waals surface area contributed by atoms with Gasteiger partial charge in [-0.2, -0.15) is 0 Å². The lowest BCUT2D eigenvalue weighted by Crippen LogP contribution is -2.49. The SMILES string of the molecule is O=C(Cn1ccc2ccccc21)N1CCN(c2ccc(-n3cccc3)nn2)CC1. The molecule has 146 valence electrons. The van der Waals surface area contributed by atoms with E-state index in [-0.39, 0.29) is 5.91 Å². The Hall–Kier alpha value is -3.61. The Morgan fingerprint density at radius 3 is 2.28 bits per heavy atom. The number of benzene rings is 1. The maximum absolute atomic E-state index is 12.8. The first-order chi connectivity index (χ1) is 14.3. The van der Waals surface area contributed by atoms with E-state index in [4.69, 9.17) is 0 Å². The van der Waals surface area contributed by atoms with Gasteiger partial charge in [-0.15, -0.1) is 10.2 Å². The van der Waals surface area contributed by atoms with Crippen LogP contribution in [-0.4, -0.2) is 56.3 Å². The Bertz CT molecular complexity index is 1110. The summed E-state index contributed by atoms with van der Waals surface area (Å²) < 4.78 is 3.95. The van der Waals surface area contributed by atoms with Crippen LogP contribution in [0.15, 0.2) is 73.2 Å². The van der Waals surface area contributed by atoms with Crippen LogP contribution in [0.1, 0.15) is 0 Å². The van der Waals surface area contributed by atoms with Crippen LogP contribution in [0.4, 0.5) is 5.82 Å². The first kappa shape index (κ1) is 17.5. The maximum atomic E-state index is 12.8. The van der Waals surface area contributed by atoms with Gasteiger partial charge in [-0.1, -0.05) is 18.2 Å². The molecule has 1 saturated heterocycles. The Balaban J connectivity index is 1.20. The minimum absolute atomic E-state index is 0.153. The van der Waals surface area contributed by atoms with Gasteiger partial charge in [0.25, 0.3) is 0 Å². The molecule has 0 atom stereocenters. The highest BCUT2D eigenvalue weighted by molar-refractivity contribution is 5.83. The highest BCUT2D eigenvalue weighted by Gasteiger charge is 2.22. The summed E-state index contributed by atoms with van der Waals surface area (Å²) in [4.78, 5) is 16.9. The second kappa shape index (κ2) is 7.43. The summed E-state index contributed by atoms with van der Waals surface area (Å²) in [5, 5.41) is 9.85. The van der Waals surface area contributed by atoms with Crippen molar-refractivity contribution in [1.82, 2.24) is 24.2 Å². The van der Waals surface area contributed by atoms with Gasteiger partial charge in [0.05, 0.1) is 0 Å². The highest BCUT2D eigenvalue weighted by atomic mass is 16.2. The molecular weight excluding hydrogens is 364 g/mol. The van der Waals surface area contributed by atoms with Crippen LogP contribution in [0.2, 0.25) is 0 Å². The van der Waals surface area contributed by atoms with E-state index in [0.29, 0.717) is 19.6 Å². The molecule has 0 N–H and O–H groups in total. The van der Waals surface area contributed by atoms with Crippen molar-refractivity contribution in [2.45, 2.75) is 6.54 Å². The molecule has 0 bridgehead atoms. The minimum Gasteiger partial charge on any atom is -0.352 e. The van der Waals surface area contributed by atoms with Gasteiger partial charge in [-0.05, 0) is 41.8 Å². The number of carbonyl (C=O) groups excluding carboxylic acids is 1. The molecule has 29 heavy (non-hydrogen) atoms. The van der Waals surface area contributed by atoms with Gasteiger partial charge in [0.2, 0.25) is 5.91 Å². The van der Waals surface area contributed by atoms with E-state index in [0.717, 1.165) is 35.6 Å². The summed E-state index contributed by atoms with van der Waals surface area (Å²) in [5.74, 6) is 1.80. The van der Waals surface area contributed by atoms with Crippen molar-refractivity contribution in [3.8, 4) is 5.82 Å². The highest BCUT2D eigenvalue weighted by Crippen LogP contribution is 2.17. The molecule has 1 fully saturated rings. The van der Waals surface area contributed by atoms with Crippen LogP contribution < -0.4 is 4.90 Å². The maximum Gasteiger partial charge on any atom is 0.242 e. The number of amides is 1. The molecule has 0 unspecified atom stereocenters. The molecule has 7 nitrogen and oxygen atoms in total. The van der Waals surface area contributed by atoms with Gasteiger partial charge in [-0.25, -0.2) is 0 Å². The van der Waals surface area contributed by atoms with E-state index in [1.165, 1.54) is 0 Å². The first-order valence-electron chi connectivity index (χ1n) is 9.82. The number of hydrogen-bond acceptors (Lipinski definition) is 4. The zero-order valence-electron chi connectivity index (χ0n) is 16.1. The first-order valence-corrected chi connectivity index (χ1v) is 9.82. The molecule has 7 heteroatoms. The average Bonchev–Trinajstić information content (AvgIpc) is 3.45. The third-order valence-corrected chi connectivity index (χ3v) is 5.45. The van der Waals surface area contributed by atoms with Crippen molar-refractivity contribution in [2.24, 2.45) is 0 Å². The van der Waals surface area contributed by atoms with Gasteiger partial charge in [0, 0.05) is 50.3 Å². The fourth-order valence-electron chi connectivity index (χ4n) is 3.82. The predicted molar refractivity (Wildman–Crippen MR) is 112 cm³/mol. The monoisotopic (exact) mass is 386 g/mol. The predicted octanol–water partition coefficient (Wildman–Crippen LogP) is 2.57. The largest absolute Gasteiger partial charge is 0.352 e. The number of anilines is 1. The van der Waals surface area contributed by atoms with Crippen LogP contribution in [0.5, 0.6) is 0 Å². The molecule has 0 spiro atoms. The normalized spacial score (nSPS) is 14.5. The van der Waals surface area contributed by atoms with Crippen LogP contribution in [-0.2, 0) is 11.3 Å². The number of hydrogen-bond donors (Lipinski definition) is 0. The number of aromatic nitrogens is 4. The number of nitrogens with zero attached hydrogens (tertiary/aromatic N) is 6. The van der Waals surface area contributed by atoms with Crippen molar-refractivity contribution < 1.29 is 4.79 Å². The molecule has 5 rings (SSSR count). The van der Waals surface area contributed by atoms with Gasteiger partial charge < -0.3 is 18.9 Å². The van der Waals surface area contributed by atoms with Crippen molar-refractivity contribution in [3.05, 3.63) is 73.2 Å². The molecule has 4 aromatic rings. The van der Waals surface area contributed by atoms with Crippen LogP contribution in [0.3, 0.4) is 0 Å². The Morgan fingerprint density at radius 1 is 0.793 bits per heavy atom. The van der Waals surface area contributed by atoms with Crippen molar-refractivity contribution >= 4 is 22.6 Å². The third-order valence-electron chi connectivity index (χ3n) is 5.45. The van der Waals surface area contributed by atoms with Crippen molar-refractivity contribution in [1.29, 1.82) is 0 Å². The van der Waals surface area contributed by atoms with E-state index in [1.54, 1.807) is 0 Å². The molecule has 0 aliphatic carbocycles. The summed E-state index contributed by atoms with van der Waals surface area (Å²) in [7, 11) is 0. The number of carbonyl (C=O) groups is 1. The number of fused-ring (bicyclic) bond motifs is 1. The second-order valence-electron chi connectivity index (χ2n) is 7.21. The Kier molecular flexibility index (Phi) is 4.48. The topological polar surface area (TPSA) is 59.2 Å². The fourth-order valence-corrected chi connectivity index (χ4v) is 3.82. The molecule has 0 saturated carbocycles. The summed E-state index contributed by atoms with van der Waals surface area (Å²) in [6, 6.07) is 18.1. The lowest BCUT2D eigenvalue weighted by atomic mass is 10.2. The molecule has 1 aromatic carbocycles. The molecule has 3 aromatic heterocycles. The van der Waals surface area contributed by atoms with E-state index >= 15 is 0 Å². The van der Waals surface area contributed by atoms with Gasteiger partial charge in [-0.3, -0.25) is 4.79 Å². The van der Waals surface area contributed by atoms with Crippen LogP contribution >= 0.6 is 0 Å².